The first-order valence-corrected chi connectivity index (χ1v) is 4.70. The number of carbonyl (C=O) groups excluding carboxylic acids is 1. The van der Waals surface area contributed by atoms with E-state index in [4.69, 9.17) is 12.2 Å². The summed E-state index contributed by atoms with van der Waals surface area (Å²) in [4.78, 5) is 11.2. The molecule has 13 heavy (non-hydrogen) atoms. The minimum absolute atomic E-state index is 0.0262. The average molecular weight is 182 g/mol. The van der Waals surface area contributed by atoms with Gasteiger partial charge in [-0.15, -0.1) is 6.42 Å². The second-order valence-electron chi connectivity index (χ2n) is 2.94. The molecule has 0 bridgehead atoms. The van der Waals surface area contributed by atoms with Crippen molar-refractivity contribution in [1.29, 1.82) is 0 Å². The molecule has 0 aromatic heterocycles. The predicted octanol–water partition coefficient (Wildman–Crippen LogP) is 0.643. The summed E-state index contributed by atoms with van der Waals surface area (Å²) in [6.45, 7) is 2.59. The van der Waals surface area contributed by atoms with E-state index < -0.39 is 0 Å². The fourth-order valence-electron chi connectivity index (χ4n) is 0.958. The van der Waals surface area contributed by atoms with Crippen LogP contribution in [0.5, 0.6) is 0 Å². The van der Waals surface area contributed by atoms with Crippen LogP contribution in [-0.4, -0.2) is 18.5 Å². The molecule has 0 saturated heterocycles. The standard InChI is InChI=1S/C10H18N2O/c1-3-9(4-2)12-10(13)7-5-6-8-11/h1,9H,4-8,11H2,2H3,(H,12,13). The molecule has 1 unspecified atom stereocenters. The van der Waals surface area contributed by atoms with Crippen LogP contribution in [0.4, 0.5) is 0 Å². The summed E-state index contributed by atoms with van der Waals surface area (Å²) in [7, 11) is 0. The Hall–Kier alpha value is -1.01. The van der Waals surface area contributed by atoms with Crippen molar-refractivity contribution >= 4 is 5.91 Å². The van der Waals surface area contributed by atoms with Gasteiger partial charge in [0, 0.05) is 6.42 Å². The van der Waals surface area contributed by atoms with Crippen LogP contribution in [-0.2, 0) is 4.79 Å². The zero-order valence-corrected chi connectivity index (χ0v) is 8.18. The summed E-state index contributed by atoms with van der Waals surface area (Å²) < 4.78 is 0. The quantitative estimate of drug-likeness (QED) is 0.468. The third-order valence-electron chi connectivity index (χ3n) is 1.80. The summed E-state index contributed by atoms with van der Waals surface area (Å²) in [5.41, 5.74) is 5.30. The van der Waals surface area contributed by atoms with Gasteiger partial charge in [0.25, 0.3) is 0 Å². The maximum Gasteiger partial charge on any atom is 0.220 e. The monoisotopic (exact) mass is 182 g/mol. The van der Waals surface area contributed by atoms with Crippen molar-refractivity contribution in [3.63, 3.8) is 0 Å². The van der Waals surface area contributed by atoms with Crippen molar-refractivity contribution in [2.24, 2.45) is 5.73 Å². The smallest absolute Gasteiger partial charge is 0.220 e. The van der Waals surface area contributed by atoms with Crippen LogP contribution in [0, 0.1) is 12.3 Å². The molecule has 0 rings (SSSR count). The summed E-state index contributed by atoms with van der Waals surface area (Å²) in [5, 5.41) is 2.76. The van der Waals surface area contributed by atoms with Gasteiger partial charge in [-0.25, -0.2) is 0 Å². The van der Waals surface area contributed by atoms with Gasteiger partial charge in [0.2, 0.25) is 5.91 Å². The molecule has 1 amide bonds. The van der Waals surface area contributed by atoms with Gasteiger partial charge in [-0.3, -0.25) is 4.79 Å². The summed E-state index contributed by atoms with van der Waals surface area (Å²) >= 11 is 0. The average Bonchev–Trinajstić information content (AvgIpc) is 2.14. The van der Waals surface area contributed by atoms with E-state index in [0.717, 1.165) is 19.3 Å². The molecule has 0 heterocycles. The SMILES string of the molecule is C#CC(CC)NC(=O)CCCCN. The fraction of sp³-hybridized carbons (Fsp3) is 0.700. The van der Waals surface area contributed by atoms with Crippen molar-refractivity contribution in [3.8, 4) is 12.3 Å². The van der Waals surface area contributed by atoms with Crippen molar-refractivity contribution < 1.29 is 4.79 Å². The zero-order valence-electron chi connectivity index (χ0n) is 8.18. The fourth-order valence-corrected chi connectivity index (χ4v) is 0.958. The van der Waals surface area contributed by atoms with E-state index >= 15 is 0 Å². The van der Waals surface area contributed by atoms with Gasteiger partial charge in [-0.1, -0.05) is 12.8 Å². The van der Waals surface area contributed by atoms with Crippen LogP contribution in [0.15, 0.2) is 0 Å². The number of amides is 1. The highest BCUT2D eigenvalue weighted by molar-refractivity contribution is 5.76. The number of terminal acetylenes is 1. The maximum absolute atomic E-state index is 11.2. The molecule has 0 fully saturated rings. The molecule has 1 atom stereocenters. The van der Waals surface area contributed by atoms with Crippen molar-refractivity contribution in [3.05, 3.63) is 0 Å². The highest BCUT2D eigenvalue weighted by atomic mass is 16.1. The first-order chi connectivity index (χ1) is 6.24. The minimum atomic E-state index is -0.120. The Labute approximate surface area is 80.1 Å². The Balaban J connectivity index is 3.56. The Morgan fingerprint density at radius 2 is 2.31 bits per heavy atom. The Morgan fingerprint density at radius 1 is 1.62 bits per heavy atom. The Kier molecular flexibility index (Phi) is 7.04. The molecule has 3 nitrogen and oxygen atoms in total. The van der Waals surface area contributed by atoms with E-state index in [9.17, 15) is 4.79 Å². The number of nitrogens with two attached hydrogens (primary N) is 1. The van der Waals surface area contributed by atoms with E-state index in [-0.39, 0.29) is 11.9 Å². The van der Waals surface area contributed by atoms with E-state index in [1.54, 1.807) is 0 Å². The van der Waals surface area contributed by atoms with Crippen LogP contribution >= 0.6 is 0 Å². The lowest BCUT2D eigenvalue weighted by Crippen LogP contribution is -2.32. The molecule has 0 spiro atoms. The van der Waals surface area contributed by atoms with Gasteiger partial charge in [0.1, 0.15) is 0 Å². The molecular formula is C10H18N2O. The van der Waals surface area contributed by atoms with E-state index in [2.05, 4.69) is 11.2 Å². The van der Waals surface area contributed by atoms with E-state index in [1.807, 2.05) is 6.92 Å². The number of hydrogen-bond donors (Lipinski definition) is 2. The summed E-state index contributed by atoms with van der Waals surface area (Å²) in [6.07, 6.45) is 8.23. The molecular weight excluding hydrogens is 164 g/mol. The van der Waals surface area contributed by atoms with Crippen LogP contribution in [0.2, 0.25) is 0 Å². The Bertz CT molecular complexity index is 184. The largest absolute Gasteiger partial charge is 0.342 e. The normalized spacial score (nSPS) is 11.8. The van der Waals surface area contributed by atoms with Crippen LogP contribution < -0.4 is 11.1 Å². The van der Waals surface area contributed by atoms with E-state index in [1.165, 1.54) is 0 Å². The molecule has 0 aromatic rings. The van der Waals surface area contributed by atoms with Gasteiger partial charge in [-0.05, 0) is 25.8 Å². The predicted molar refractivity (Wildman–Crippen MR) is 54.0 cm³/mol. The molecule has 74 valence electrons. The first-order valence-electron chi connectivity index (χ1n) is 4.70. The number of rotatable bonds is 6. The van der Waals surface area contributed by atoms with Gasteiger partial charge >= 0.3 is 0 Å². The number of nitrogens with one attached hydrogen (secondary N) is 1. The van der Waals surface area contributed by atoms with Gasteiger partial charge in [-0.2, -0.15) is 0 Å². The first kappa shape index (κ1) is 12.0. The third kappa shape index (κ3) is 6.18. The topological polar surface area (TPSA) is 55.1 Å². The van der Waals surface area contributed by atoms with Gasteiger partial charge in [0.05, 0.1) is 6.04 Å². The number of carbonyl (C=O) groups is 1. The second kappa shape index (κ2) is 7.63. The zero-order chi connectivity index (χ0) is 10.1. The Morgan fingerprint density at radius 3 is 2.77 bits per heavy atom. The lowest BCUT2D eigenvalue weighted by molar-refractivity contribution is -0.121. The molecule has 3 heteroatoms. The minimum Gasteiger partial charge on any atom is -0.342 e. The van der Waals surface area contributed by atoms with Crippen molar-refractivity contribution in [1.82, 2.24) is 5.32 Å². The molecule has 0 aliphatic rings. The van der Waals surface area contributed by atoms with Crippen LogP contribution in [0.1, 0.15) is 32.6 Å². The van der Waals surface area contributed by atoms with E-state index in [0.29, 0.717) is 13.0 Å². The van der Waals surface area contributed by atoms with Crippen molar-refractivity contribution in [2.75, 3.05) is 6.54 Å². The van der Waals surface area contributed by atoms with Crippen molar-refractivity contribution in [2.45, 2.75) is 38.6 Å². The molecule has 0 aliphatic heterocycles. The molecule has 0 saturated carbocycles. The van der Waals surface area contributed by atoms with Crippen LogP contribution in [0.3, 0.4) is 0 Å². The molecule has 0 aromatic carbocycles. The van der Waals surface area contributed by atoms with Crippen LogP contribution in [0.25, 0.3) is 0 Å². The maximum atomic E-state index is 11.2. The highest BCUT2D eigenvalue weighted by Crippen LogP contribution is 1.95. The molecule has 0 radical (unpaired) electrons. The highest BCUT2D eigenvalue weighted by Gasteiger charge is 2.05. The molecule has 0 aliphatic carbocycles. The summed E-state index contributed by atoms with van der Waals surface area (Å²) in [5.74, 6) is 2.54. The molecule has 3 N–H and O–H groups in total. The number of hydrogen-bond acceptors (Lipinski definition) is 2. The van der Waals surface area contributed by atoms with Gasteiger partial charge < -0.3 is 11.1 Å². The van der Waals surface area contributed by atoms with Gasteiger partial charge in [0.15, 0.2) is 0 Å². The second-order valence-corrected chi connectivity index (χ2v) is 2.94. The lowest BCUT2D eigenvalue weighted by atomic mass is 10.2. The lowest BCUT2D eigenvalue weighted by Gasteiger charge is -2.09. The number of unbranched alkanes of at least 4 members (excludes halogenated alkanes) is 1. The third-order valence-corrected chi connectivity index (χ3v) is 1.80. The summed E-state index contributed by atoms with van der Waals surface area (Å²) in [6, 6.07) is -0.120.